The van der Waals surface area contributed by atoms with Crippen LogP contribution >= 0.6 is 11.5 Å². The first-order valence-corrected chi connectivity index (χ1v) is 12.8. The number of aryl methyl sites for hydroxylation is 2. The van der Waals surface area contributed by atoms with Crippen molar-refractivity contribution in [2.24, 2.45) is 5.73 Å². The minimum Gasteiger partial charge on any atom is -0.330 e. The quantitative estimate of drug-likeness (QED) is 0.357. The van der Waals surface area contributed by atoms with Crippen LogP contribution in [0.4, 0.5) is 4.39 Å². The number of hydrogen-bond acceptors (Lipinski definition) is 6. The monoisotopic (exact) mass is 507 g/mol. The number of amides is 1. The highest BCUT2D eigenvalue weighted by atomic mass is 32.1. The summed E-state index contributed by atoms with van der Waals surface area (Å²) in [6, 6.07) is 13.6. The molecule has 0 radical (unpaired) electrons. The van der Waals surface area contributed by atoms with Crippen molar-refractivity contribution < 1.29 is 9.18 Å². The van der Waals surface area contributed by atoms with Gasteiger partial charge in [0.25, 0.3) is 11.5 Å². The fraction of sp³-hybridized carbons (Fsp3) is 0.333. The molecule has 0 aliphatic heterocycles. The molecule has 2 aromatic carbocycles. The van der Waals surface area contributed by atoms with Crippen LogP contribution in [0.25, 0.3) is 10.2 Å². The van der Waals surface area contributed by atoms with Crippen LogP contribution in [0, 0.1) is 19.7 Å². The fourth-order valence-electron chi connectivity index (χ4n) is 4.35. The van der Waals surface area contributed by atoms with E-state index in [-0.39, 0.29) is 17.0 Å². The number of halogens is 1. The largest absolute Gasteiger partial charge is 0.330 e. The van der Waals surface area contributed by atoms with Crippen LogP contribution in [-0.2, 0) is 6.54 Å². The number of carbonyl (C=O) groups excluding carboxylic acids is 1. The van der Waals surface area contributed by atoms with E-state index in [0.717, 1.165) is 5.56 Å². The molecule has 0 saturated carbocycles. The first kappa shape index (κ1) is 25.7. The maximum Gasteiger partial charge on any atom is 0.264 e. The third kappa shape index (κ3) is 5.08. The molecule has 0 fully saturated rings. The lowest BCUT2D eigenvalue weighted by Crippen LogP contribution is -2.40. The summed E-state index contributed by atoms with van der Waals surface area (Å²) in [5, 5.41) is 0.495. The SMILES string of the molecule is CCC(c1nc2snc(C)c2c(=O)n1Cc1ccccc1)N(CCCN)C(=O)c1ccc(C)c(F)c1. The van der Waals surface area contributed by atoms with Gasteiger partial charge in [0.2, 0.25) is 0 Å². The van der Waals surface area contributed by atoms with E-state index in [1.165, 1.54) is 17.6 Å². The van der Waals surface area contributed by atoms with Gasteiger partial charge in [-0.1, -0.05) is 43.3 Å². The molecule has 0 saturated heterocycles. The van der Waals surface area contributed by atoms with E-state index in [1.807, 2.05) is 37.3 Å². The van der Waals surface area contributed by atoms with Crippen molar-refractivity contribution >= 4 is 27.7 Å². The van der Waals surface area contributed by atoms with Gasteiger partial charge in [0.05, 0.1) is 23.7 Å². The molecule has 0 bridgehead atoms. The van der Waals surface area contributed by atoms with Crippen molar-refractivity contribution in [2.75, 3.05) is 13.1 Å². The highest BCUT2D eigenvalue weighted by Gasteiger charge is 2.30. The van der Waals surface area contributed by atoms with E-state index in [9.17, 15) is 14.0 Å². The van der Waals surface area contributed by atoms with Crippen molar-refractivity contribution in [3.05, 3.63) is 92.9 Å². The molecular formula is C27H30FN5O2S. The second-order valence-electron chi connectivity index (χ2n) is 8.82. The number of rotatable bonds is 9. The smallest absolute Gasteiger partial charge is 0.264 e. The van der Waals surface area contributed by atoms with Gasteiger partial charge in [0.15, 0.2) is 4.83 Å². The Morgan fingerprint density at radius 3 is 2.61 bits per heavy atom. The molecule has 0 aliphatic rings. The molecule has 36 heavy (non-hydrogen) atoms. The molecule has 4 rings (SSSR count). The third-order valence-corrected chi connectivity index (χ3v) is 7.16. The first-order chi connectivity index (χ1) is 17.3. The number of aromatic nitrogens is 3. The summed E-state index contributed by atoms with van der Waals surface area (Å²) in [6.45, 7) is 6.45. The Hall–Kier alpha value is -3.43. The number of fused-ring (bicyclic) bond motifs is 1. The molecule has 9 heteroatoms. The molecule has 2 N–H and O–H groups in total. The zero-order chi connectivity index (χ0) is 25.8. The van der Waals surface area contributed by atoms with Gasteiger partial charge in [-0.15, -0.1) is 0 Å². The number of benzene rings is 2. The first-order valence-electron chi connectivity index (χ1n) is 12.0. The van der Waals surface area contributed by atoms with E-state index in [1.54, 1.807) is 35.4 Å². The summed E-state index contributed by atoms with van der Waals surface area (Å²) in [5.74, 6) is -0.274. The summed E-state index contributed by atoms with van der Waals surface area (Å²) in [6.07, 6.45) is 1.07. The van der Waals surface area contributed by atoms with Crippen LogP contribution in [0.3, 0.4) is 0 Å². The number of nitrogens with zero attached hydrogens (tertiary/aromatic N) is 4. The Balaban J connectivity index is 1.87. The minimum atomic E-state index is -0.517. The van der Waals surface area contributed by atoms with E-state index < -0.39 is 11.9 Å². The van der Waals surface area contributed by atoms with Crippen LogP contribution in [0.1, 0.15) is 58.8 Å². The molecule has 2 heterocycles. The summed E-state index contributed by atoms with van der Waals surface area (Å²) in [5.41, 5.74) is 7.91. The topological polar surface area (TPSA) is 94.1 Å². The molecule has 1 amide bonds. The summed E-state index contributed by atoms with van der Waals surface area (Å²) in [7, 11) is 0. The van der Waals surface area contributed by atoms with Crippen molar-refractivity contribution in [1.82, 2.24) is 18.8 Å². The molecular weight excluding hydrogens is 477 g/mol. The maximum atomic E-state index is 14.3. The lowest BCUT2D eigenvalue weighted by molar-refractivity contribution is 0.0655. The number of carbonyl (C=O) groups is 1. The molecule has 2 aromatic heterocycles. The zero-order valence-corrected chi connectivity index (χ0v) is 21.5. The lowest BCUT2D eigenvalue weighted by atomic mass is 10.1. The second kappa shape index (κ2) is 11.1. The molecule has 7 nitrogen and oxygen atoms in total. The highest BCUT2D eigenvalue weighted by Crippen LogP contribution is 2.28. The van der Waals surface area contributed by atoms with Gasteiger partial charge >= 0.3 is 0 Å². The van der Waals surface area contributed by atoms with Gasteiger partial charge in [-0.05, 0) is 68.0 Å². The molecule has 4 aromatic rings. The minimum absolute atomic E-state index is 0.184. The predicted octanol–water partition coefficient (Wildman–Crippen LogP) is 4.60. The Kier molecular flexibility index (Phi) is 7.91. The number of nitrogens with two attached hydrogens (primary N) is 1. The predicted molar refractivity (Wildman–Crippen MR) is 141 cm³/mol. The van der Waals surface area contributed by atoms with E-state index >= 15 is 0 Å². The fourth-order valence-corrected chi connectivity index (χ4v) is 5.13. The second-order valence-corrected chi connectivity index (χ2v) is 9.58. The van der Waals surface area contributed by atoms with Gasteiger partial charge in [0, 0.05) is 12.1 Å². The number of hydrogen-bond donors (Lipinski definition) is 1. The van der Waals surface area contributed by atoms with Gasteiger partial charge < -0.3 is 10.6 Å². The van der Waals surface area contributed by atoms with Crippen molar-refractivity contribution in [2.45, 2.75) is 46.2 Å². The summed E-state index contributed by atoms with van der Waals surface area (Å²) < 4.78 is 20.3. The van der Waals surface area contributed by atoms with Crippen molar-refractivity contribution in [1.29, 1.82) is 0 Å². The van der Waals surface area contributed by atoms with E-state index in [0.29, 0.717) is 59.8 Å². The standard InChI is InChI=1S/C27H30FN5O2S/c1-4-22(32(14-8-13-29)26(34)20-12-11-17(2)21(28)15-20)24-30-25-23(18(3)31-36-25)27(35)33(24)16-19-9-6-5-7-10-19/h5-7,9-12,15,22H,4,8,13-14,16,29H2,1-3H3. The highest BCUT2D eigenvalue weighted by molar-refractivity contribution is 7.12. The lowest BCUT2D eigenvalue weighted by Gasteiger charge is -2.32. The Labute approximate surface area is 213 Å². The molecule has 188 valence electrons. The normalized spacial score (nSPS) is 12.1. The van der Waals surface area contributed by atoms with E-state index in [2.05, 4.69) is 4.37 Å². The molecule has 0 spiro atoms. The Morgan fingerprint density at radius 2 is 1.94 bits per heavy atom. The van der Waals surface area contributed by atoms with Crippen molar-refractivity contribution in [3.63, 3.8) is 0 Å². The average molecular weight is 508 g/mol. The molecule has 1 unspecified atom stereocenters. The van der Waals surface area contributed by atoms with Crippen LogP contribution in [0.2, 0.25) is 0 Å². The van der Waals surface area contributed by atoms with Gasteiger partial charge in [0.1, 0.15) is 11.6 Å². The van der Waals surface area contributed by atoms with Gasteiger partial charge in [-0.25, -0.2) is 9.37 Å². The Bertz CT molecular complexity index is 1430. The average Bonchev–Trinajstić information content (AvgIpc) is 3.26. The Morgan fingerprint density at radius 1 is 1.19 bits per heavy atom. The van der Waals surface area contributed by atoms with Crippen LogP contribution < -0.4 is 11.3 Å². The summed E-state index contributed by atoms with van der Waals surface area (Å²) in [4.78, 5) is 34.5. The van der Waals surface area contributed by atoms with Crippen molar-refractivity contribution in [3.8, 4) is 0 Å². The molecule has 1 atom stereocenters. The van der Waals surface area contributed by atoms with E-state index in [4.69, 9.17) is 10.7 Å². The van der Waals surface area contributed by atoms with Crippen LogP contribution in [-0.4, -0.2) is 37.8 Å². The van der Waals surface area contributed by atoms with Crippen LogP contribution in [0.15, 0.2) is 53.3 Å². The summed E-state index contributed by atoms with van der Waals surface area (Å²) >= 11 is 1.18. The maximum absolute atomic E-state index is 14.3. The molecule has 0 aliphatic carbocycles. The third-order valence-electron chi connectivity index (χ3n) is 6.32. The zero-order valence-electron chi connectivity index (χ0n) is 20.7. The van der Waals surface area contributed by atoms with Gasteiger partial charge in [-0.2, -0.15) is 4.37 Å². The van der Waals surface area contributed by atoms with Gasteiger partial charge in [-0.3, -0.25) is 14.2 Å². The van der Waals surface area contributed by atoms with Crippen LogP contribution in [0.5, 0.6) is 0 Å².